The van der Waals surface area contributed by atoms with E-state index >= 15 is 0 Å². The quantitative estimate of drug-likeness (QED) is 0.896. The van der Waals surface area contributed by atoms with Crippen LogP contribution in [0.1, 0.15) is 43.0 Å². The molecule has 0 radical (unpaired) electrons. The molecule has 0 aliphatic carbocycles. The van der Waals surface area contributed by atoms with Crippen LogP contribution in [0.4, 0.5) is 0 Å². The first-order valence-corrected chi connectivity index (χ1v) is 7.51. The van der Waals surface area contributed by atoms with Crippen LogP contribution >= 0.6 is 11.3 Å². The Kier molecular flexibility index (Phi) is 4.23. The molecule has 1 saturated heterocycles. The van der Waals surface area contributed by atoms with E-state index in [0.717, 1.165) is 13.0 Å². The maximum atomic E-state index is 6.18. The first-order chi connectivity index (χ1) is 8.11. The Morgan fingerprint density at radius 1 is 1.53 bits per heavy atom. The average molecular weight is 252 g/mol. The van der Waals surface area contributed by atoms with Crippen molar-refractivity contribution in [1.82, 2.24) is 4.90 Å². The van der Waals surface area contributed by atoms with Gasteiger partial charge < -0.3 is 5.73 Å². The topological polar surface area (TPSA) is 29.3 Å². The van der Waals surface area contributed by atoms with Gasteiger partial charge in [-0.15, -0.1) is 11.3 Å². The lowest BCUT2D eigenvalue weighted by atomic mass is 9.93. The van der Waals surface area contributed by atoms with Crippen molar-refractivity contribution in [1.29, 1.82) is 0 Å². The van der Waals surface area contributed by atoms with Gasteiger partial charge in [0.05, 0.1) is 0 Å². The molecule has 0 saturated carbocycles. The highest BCUT2D eigenvalue weighted by molar-refractivity contribution is 7.12. The molecule has 0 bridgehead atoms. The lowest BCUT2D eigenvalue weighted by Gasteiger charge is -2.38. The zero-order chi connectivity index (χ0) is 12.4. The van der Waals surface area contributed by atoms with E-state index in [1.54, 1.807) is 0 Å². The molecule has 2 heterocycles. The predicted octanol–water partition coefficient (Wildman–Crippen LogP) is 3.04. The number of likely N-dealkylation sites (tertiary alicyclic amines) is 1. The van der Waals surface area contributed by atoms with Gasteiger partial charge >= 0.3 is 0 Å². The highest BCUT2D eigenvalue weighted by Crippen LogP contribution is 2.30. The Balaban J connectivity index is 2.02. The van der Waals surface area contributed by atoms with Gasteiger partial charge in [0.2, 0.25) is 0 Å². The SMILES string of the molecule is CCc1ccc(C(C)N2CCC(C)C(N)C2)s1. The fourth-order valence-electron chi connectivity index (χ4n) is 2.47. The molecule has 3 atom stereocenters. The van der Waals surface area contributed by atoms with Gasteiger partial charge in [-0.2, -0.15) is 0 Å². The Morgan fingerprint density at radius 3 is 2.88 bits per heavy atom. The maximum Gasteiger partial charge on any atom is 0.0414 e. The summed E-state index contributed by atoms with van der Waals surface area (Å²) in [5, 5.41) is 0. The van der Waals surface area contributed by atoms with E-state index < -0.39 is 0 Å². The summed E-state index contributed by atoms with van der Waals surface area (Å²) >= 11 is 1.95. The number of nitrogens with zero attached hydrogens (tertiary/aromatic N) is 1. The summed E-state index contributed by atoms with van der Waals surface area (Å²) in [4.78, 5) is 5.51. The number of thiophene rings is 1. The van der Waals surface area contributed by atoms with Gasteiger partial charge in [-0.25, -0.2) is 0 Å². The lowest BCUT2D eigenvalue weighted by molar-refractivity contribution is 0.130. The van der Waals surface area contributed by atoms with Crippen LogP contribution in [0.15, 0.2) is 12.1 Å². The third kappa shape index (κ3) is 2.90. The van der Waals surface area contributed by atoms with E-state index in [1.165, 1.54) is 22.7 Å². The van der Waals surface area contributed by atoms with E-state index in [-0.39, 0.29) is 0 Å². The molecule has 17 heavy (non-hydrogen) atoms. The molecule has 0 aromatic carbocycles. The average Bonchev–Trinajstić information content (AvgIpc) is 2.80. The van der Waals surface area contributed by atoms with Crippen molar-refractivity contribution in [2.45, 2.75) is 45.7 Å². The number of hydrogen-bond acceptors (Lipinski definition) is 3. The maximum absolute atomic E-state index is 6.18. The molecule has 1 aliphatic rings. The second kappa shape index (κ2) is 5.51. The van der Waals surface area contributed by atoms with Crippen LogP contribution in [0.3, 0.4) is 0 Å². The summed E-state index contributed by atoms with van der Waals surface area (Å²) in [6.45, 7) is 9.04. The molecule has 1 aromatic rings. The summed E-state index contributed by atoms with van der Waals surface area (Å²) < 4.78 is 0. The van der Waals surface area contributed by atoms with Crippen molar-refractivity contribution in [2.75, 3.05) is 13.1 Å². The summed E-state index contributed by atoms with van der Waals surface area (Å²) in [5.74, 6) is 0.674. The van der Waals surface area contributed by atoms with Gasteiger partial charge in [0.25, 0.3) is 0 Å². The molecule has 0 amide bonds. The number of hydrogen-bond donors (Lipinski definition) is 1. The van der Waals surface area contributed by atoms with E-state index in [4.69, 9.17) is 5.73 Å². The molecule has 3 unspecified atom stereocenters. The third-order valence-electron chi connectivity index (χ3n) is 4.04. The number of nitrogens with two attached hydrogens (primary N) is 1. The standard InChI is InChI=1S/C14H24N2S/c1-4-12-5-6-14(17-12)11(3)16-8-7-10(2)13(15)9-16/h5-6,10-11,13H,4,7-9,15H2,1-3H3. The minimum Gasteiger partial charge on any atom is -0.326 e. The molecular weight excluding hydrogens is 228 g/mol. The molecule has 1 aliphatic heterocycles. The molecular formula is C14H24N2S. The summed E-state index contributed by atoms with van der Waals surface area (Å²) in [6, 6.07) is 5.43. The molecule has 0 spiro atoms. The minimum absolute atomic E-state index is 0.344. The highest BCUT2D eigenvalue weighted by Gasteiger charge is 2.27. The minimum atomic E-state index is 0.344. The van der Waals surface area contributed by atoms with E-state index in [0.29, 0.717) is 18.0 Å². The smallest absolute Gasteiger partial charge is 0.0414 e. The van der Waals surface area contributed by atoms with Crippen molar-refractivity contribution in [3.8, 4) is 0 Å². The Labute approximate surface area is 109 Å². The van der Waals surface area contributed by atoms with Crippen molar-refractivity contribution in [3.63, 3.8) is 0 Å². The number of aryl methyl sites for hydroxylation is 1. The first kappa shape index (κ1) is 13.1. The number of piperidine rings is 1. The van der Waals surface area contributed by atoms with Crippen molar-refractivity contribution >= 4 is 11.3 Å². The third-order valence-corrected chi connectivity index (χ3v) is 5.44. The van der Waals surface area contributed by atoms with Crippen LogP contribution in [-0.2, 0) is 6.42 Å². The van der Waals surface area contributed by atoms with Gasteiger partial charge in [0, 0.05) is 28.4 Å². The second-order valence-corrected chi connectivity index (χ2v) is 6.46. The summed E-state index contributed by atoms with van der Waals surface area (Å²) in [6.07, 6.45) is 2.38. The van der Waals surface area contributed by atoms with Gasteiger partial charge in [-0.3, -0.25) is 4.90 Å². The highest BCUT2D eigenvalue weighted by atomic mass is 32.1. The monoisotopic (exact) mass is 252 g/mol. The zero-order valence-electron chi connectivity index (χ0n) is 11.1. The summed E-state index contributed by atoms with van der Waals surface area (Å²) in [7, 11) is 0. The predicted molar refractivity (Wildman–Crippen MR) is 75.4 cm³/mol. The van der Waals surface area contributed by atoms with Crippen molar-refractivity contribution < 1.29 is 0 Å². The fraction of sp³-hybridized carbons (Fsp3) is 0.714. The molecule has 3 heteroatoms. The van der Waals surface area contributed by atoms with Crippen LogP contribution in [0.25, 0.3) is 0 Å². The summed E-state index contributed by atoms with van der Waals surface area (Å²) in [5.41, 5.74) is 6.18. The fourth-order valence-corrected chi connectivity index (χ4v) is 3.51. The second-order valence-electron chi connectivity index (χ2n) is 5.26. The van der Waals surface area contributed by atoms with Gasteiger partial charge in [-0.1, -0.05) is 13.8 Å². The van der Waals surface area contributed by atoms with Gasteiger partial charge in [0.1, 0.15) is 0 Å². The van der Waals surface area contributed by atoms with Gasteiger partial charge in [0.15, 0.2) is 0 Å². The van der Waals surface area contributed by atoms with E-state index in [9.17, 15) is 0 Å². The van der Waals surface area contributed by atoms with Crippen molar-refractivity contribution in [2.24, 2.45) is 11.7 Å². The van der Waals surface area contributed by atoms with E-state index in [2.05, 4.69) is 37.8 Å². The Bertz CT molecular complexity index is 361. The Hall–Kier alpha value is -0.380. The van der Waals surface area contributed by atoms with E-state index in [1.807, 2.05) is 11.3 Å². The first-order valence-electron chi connectivity index (χ1n) is 6.70. The molecule has 2 nitrogen and oxygen atoms in total. The van der Waals surface area contributed by atoms with Crippen LogP contribution in [0, 0.1) is 5.92 Å². The normalized spacial score (nSPS) is 28.2. The number of rotatable bonds is 3. The van der Waals surface area contributed by atoms with Crippen LogP contribution in [0.2, 0.25) is 0 Å². The molecule has 96 valence electrons. The van der Waals surface area contributed by atoms with Crippen LogP contribution < -0.4 is 5.73 Å². The molecule has 2 N–H and O–H groups in total. The lowest BCUT2D eigenvalue weighted by Crippen LogP contribution is -2.48. The van der Waals surface area contributed by atoms with Crippen LogP contribution in [0.5, 0.6) is 0 Å². The largest absolute Gasteiger partial charge is 0.326 e. The van der Waals surface area contributed by atoms with Crippen LogP contribution in [-0.4, -0.2) is 24.0 Å². The molecule has 1 aromatic heterocycles. The molecule has 1 fully saturated rings. The zero-order valence-corrected chi connectivity index (χ0v) is 12.0. The molecule has 2 rings (SSSR count). The van der Waals surface area contributed by atoms with Crippen molar-refractivity contribution in [3.05, 3.63) is 21.9 Å². The Morgan fingerprint density at radius 2 is 2.29 bits per heavy atom. The van der Waals surface area contributed by atoms with Gasteiger partial charge in [-0.05, 0) is 44.4 Å².